The summed E-state index contributed by atoms with van der Waals surface area (Å²) in [5.41, 5.74) is 6.93. The molecule has 0 fully saturated rings. The lowest BCUT2D eigenvalue weighted by atomic mass is 10.3. The van der Waals surface area contributed by atoms with Gasteiger partial charge in [0.1, 0.15) is 6.07 Å². The molecule has 1 aromatic heterocycles. The number of carbonyl (C=O) groups is 1. The van der Waals surface area contributed by atoms with Crippen LogP contribution in [0.1, 0.15) is 6.92 Å². The number of hydrogen-bond donors (Lipinski definition) is 3. The minimum absolute atomic E-state index is 0.129. The molecule has 0 saturated carbocycles. The van der Waals surface area contributed by atoms with Crippen molar-refractivity contribution < 1.29 is 9.53 Å². The molecule has 0 radical (unpaired) electrons. The third-order valence-electron chi connectivity index (χ3n) is 2.41. The van der Waals surface area contributed by atoms with Crippen LogP contribution in [0.5, 0.6) is 0 Å². The van der Waals surface area contributed by atoms with Crippen LogP contribution in [-0.4, -0.2) is 22.5 Å². The maximum atomic E-state index is 11.4. The summed E-state index contributed by atoms with van der Waals surface area (Å²) in [6.45, 7) is 1.89. The fourth-order valence-corrected chi connectivity index (χ4v) is 1.53. The molecular weight excluding hydrogens is 258 g/mol. The molecule has 0 unspecified atom stereocenters. The van der Waals surface area contributed by atoms with Gasteiger partial charge < -0.3 is 15.1 Å². The second-order valence-electron chi connectivity index (χ2n) is 3.76. The predicted octanol–water partition coefficient (Wildman–Crippen LogP) is 1.45. The van der Waals surface area contributed by atoms with Crippen LogP contribution in [-0.2, 0) is 9.53 Å². The summed E-state index contributed by atoms with van der Waals surface area (Å²) in [6, 6.07) is 9.29. The summed E-state index contributed by atoms with van der Waals surface area (Å²) >= 11 is 0. The average Bonchev–Trinajstić information content (AvgIpc) is 2.86. The zero-order valence-electron chi connectivity index (χ0n) is 10.8. The molecule has 0 amide bonds. The predicted molar refractivity (Wildman–Crippen MR) is 73.2 cm³/mol. The quantitative estimate of drug-likeness (QED) is 0.329. The smallest absolute Gasteiger partial charge is 0.350 e. The number of benzene rings is 1. The molecule has 2 aromatic rings. The third-order valence-corrected chi connectivity index (χ3v) is 2.41. The molecule has 7 nitrogen and oxygen atoms in total. The Morgan fingerprint density at radius 3 is 3.05 bits per heavy atom. The van der Waals surface area contributed by atoms with E-state index in [1.165, 1.54) is 6.20 Å². The van der Waals surface area contributed by atoms with Gasteiger partial charge in [0.15, 0.2) is 5.57 Å². The van der Waals surface area contributed by atoms with Crippen molar-refractivity contribution in [3.05, 3.63) is 36.0 Å². The van der Waals surface area contributed by atoms with Crippen LogP contribution in [0, 0.1) is 11.3 Å². The fourth-order valence-electron chi connectivity index (χ4n) is 1.53. The molecule has 1 heterocycles. The molecule has 0 spiro atoms. The number of carbonyl (C=O) groups excluding carboxylic acids is 1. The number of hydrogen-bond acceptors (Lipinski definition) is 6. The standard InChI is InChI=1S/C13H13N5O2/c1-2-20-12(19)9(7-14)8-15-18-13-16-10-5-3-4-6-11(10)17-13/h3-6,8,15H,2H2,1H3,(H2,16,17,18)/b9-8-. The minimum atomic E-state index is -0.672. The molecule has 0 aliphatic carbocycles. The molecule has 3 N–H and O–H groups in total. The Morgan fingerprint density at radius 2 is 2.35 bits per heavy atom. The molecule has 0 aliphatic rings. The van der Waals surface area contributed by atoms with E-state index < -0.39 is 5.97 Å². The normalized spacial score (nSPS) is 10.9. The van der Waals surface area contributed by atoms with E-state index >= 15 is 0 Å². The van der Waals surface area contributed by atoms with Crippen LogP contribution in [0.3, 0.4) is 0 Å². The van der Waals surface area contributed by atoms with E-state index in [4.69, 9.17) is 10.00 Å². The Bertz CT molecular complexity index is 650. The van der Waals surface area contributed by atoms with Crippen LogP contribution in [0.15, 0.2) is 36.0 Å². The number of H-pyrrole nitrogens is 1. The van der Waals surface area contributed by atoms with E-state index in [0.717, 1.165) is 11.0 Å². The number of imidazole rings is 1. The van der Waals surface area contributed by atoms with E-state index in [2.05, 4.69) is 20.8 Å². The summed E-state index contributed by atoms with van der Waals surface area (Å²) in [4.78, 5) is 18.6. The summed E-state index contributed by atoms with van der Waals surface area (Å²) in [7, 11) is 0. The second kappa shape index (κ2) is 6.24. The number of nitriles is 1. The van der Waals surface area contributed by atoms with Crippen molar-refractivity contribution in [1.29, 1.82) is 5.26 Å². The van der Waals surface area contributed by atoms with E-state index in [-0.39, 0.29) is 12.2 Å². The van der Waals surface area contributed by atoms with Gasteiger partial charge in [0.2, 0.25) is 5.95 Å². The number of para-hydroxylation sites is 2. The highest BCUT2D eigenvalue weighted by molar-refractivity contribution is 5.92. The first-order valence-corrected chi connectivity index (χ1v) is 5.98. The highest BCUT2D eigenvalue weighted by atomic mass is 16.5. The highest BCUT2D eigenvalue weighted by Gasteiger charge is 2.09. The SMILES string of the molecule is CCOC(=O)/C(C#N)=C\NNc1nc2ccccc2[nH]1. The summed E-state index contributed by atoms with van der Waals surface area (Å²) < 4.78 is 4.72. The van der Waals surface area contributed by atoms with Crippen molar-refractivity contribution in [2.45, 2.75) is 6.92 Å². The molecule has 0 aliphatic heterocycles. The summed E-state index contributed by atoms with van der Waals surface area (Å²) in [5.74, 6) is -0.197. The highest BCUT2D eigenvalue weighted by Crippen LogP contribution is 2.12. The van der Waals surface area contributed by atoms with Crippen molar-refractivity contribution in [3.63, 3.8) is 0 Å². The van der Waals surface area contributed by atoms with Crippen molar-refractivity contribution in [1.82, 2.24) is 15.4 Å². The molecule has 102 valence electrons. The average molecular weight is 271 g/mol. The number of esters is 1. The van der Waals surface area contributed by atoms with Gasteiger partial charge in [0.25, 0.3) is 0 Å². The van der Waals surface area contributed by atoms with Crippen LogP contribution < -0.4 is 10.9 Å². The van der Waals surface area contributed by atoms with E-state index in [1.54, 1.807) is 13.0 Å². The Balaban J connectivity index is 2.01. The Morgan fingerprint density at radius 1 is 1.55 bits per heavy atom. The maximum absolute atomic E-state index is 11.4. The number of fused-ring (bicyclic) bond motifs is 1. The lowest BCUT2D eigenvalue weighted by Gasteiger charge is -2.02. The zero-order chi connectivity index (χ0) is 14.4. The number of aromatic nitrogens is 2. The Hall–Kier alpha value is -3.01. The van der Waals surface area contributed by atoms with Crippen molar-refractivity contribution in [3.8, 4) is 6.07 Å². The first-order chi connectivity index (χ1) is 9.74. The van der Waals surface area contributed by atoms with Gasteiger partial charge >= 0.3 is 5.97 Å². The lowest BCUT2D eigenvalue weighted by molar-refractivity contribution is -0.138. The first-order valence-electron chi connectivity index (χ1n) is 5.98. The van der Waals surface area contributed by atoms with Gasteiger partial charge in [-0.25, -0.2) is 9.78 Å². The van der Waals surface area contributed by atoms with Crippen LogP contribution >= 0.6 is 0 Å². The van der Waals surface area contributed by atoms with E-state index in [1.807, 2.05) is 24.3 Å². The topological polar surface area (TPSA) is 103 Å². The van der Waals surface area contributed by atoms with E-state index in [9.17, 15) is 4.79 Å². The van der Waals surface area contributed by atoms with E-state index in [0.29, 0.717) is 5.95 Å². The van der Waals surface area contributed by atoms with Crippen LogP contribution in [0.2, 0.25) is 0 Å². The summed E-state index contributed by atoms with van der Waals surface area (Å²) in [5, 5.41) is 8.82. The number of nitrogens with one attached hydrogen (secondary N) is 3. The van der Waals surface area contributed by atoms with Gasteiger partial charge in [0, 0.05) is 6.20 Å². The van der Waals surface area contributed by atoms with Gasteiger partial charge in [-0.3, -0.25) is 5.43 Å². The van der Waals surface area contributed by atoms with Crippen molar-refractivity contribution >= 4 is 23.0 Å². The van der Waals surface area contributed by atoms with Gasteiger partial charge in [-0.05, 0) is 19.1 Å². The van der Waals surface area contributed by atoms with Gasteiger partial charge in [-0.1, -0.05) is 12.1 Å². The Kier molecular flexibility index (Phi) is 4.19. The molecule has 0 atom stereocenters. The van der Waals surface area contributed by atoms with Gasteiger partial charge in [0.05, 0.1) is 17.6 Å². The first kappa shape index (κ1) is 13.4. The van der Waals surface area contributed by atoms with Crippen molar-refractivity contribution in [2.75, 3.05) is 12.0 Å². The molecule has 0 saturated heterocycles. The monoisotopic (exact) mass is 271 g/mol. The number of aromatic amines is 1. The minimum Gasteiger partial charge on any atom is -0.462 e. The number of nitrogens with zero attached hydrogens (tertiary/aromatic N) is 2. The zero-order valence-corrected chi connectivity index (χ0v) is 10.8. The number of hydrazine groups is 1. The fraction of sp³-hybridized carbons (Fsp3) is 0.154. The molecule has 7 heteroatoms. The summed E-state index contributed by atoms with van der Waals surface area (Å²) in [6.07, 6.45) is 1.23. The second-order valence-corrected chi connectivity index (χ2v) is 3.76. The number of anilines is 1. The molecule has 1 aromatic carbocycles. The van der Waals surface area contributed by atoms with Gasteiger partial charge in [-0.15, -0.1) is 0 Å². The van der Waals surface area contributed by atoms with Crippen molar-refractivity contribution in [2.24, 2.45) is 0 Å². The molecule has 2 rings (SSSR count). The molecule has 0 bridgehead atoms. The molecular formula is C13H13N5O2. The third kappa shape index (κ3) is 3.05. The number of rotatable bonds is 5. The maximum Gasteiger partial charge on any atom is 0.350 e. The largest absolute Gasteiger partial charge is 0.462 e. The molecule has 20 heavy (non-hydrogen) atoms. The van der Waals surface area contributed by atoms with Crippen LogP contribution in [0.4, 0.5) is 5.95 Å². The van der Waals surface area contributed by atoms with Gasteiger partial charge in [-0.2, -0.15) is 5.26 Å². The van der Waals surface area contributed by atoms with Crippen LogP contribution in [0.25, 0.3) is 11.0 Å². The number of ether oxygens (including phenoxy) is 1. The Labute approximate surface area is 115 Å². The lowest BCUT2D eigenvalue weighted by Crippen LogP contribution is -2.18.